The normalized spacial score (nSPS) is 17.1. The maximum absolute atomic E-state index is 6.22. The first-order valence-corrected chi connectivity index (χ1v) is 6.55. The maximum Gasteiger partial charge on any atom is 0.0954 e. The van der Waals surface area contributed by atoms with Crippen molar-refractivity contribution in [3.05, 3.63) is 45.5 Å². The standard InChI is InChI=1S/C13H15NOS/c14-13(10-5-6-15-8-10)12-7-9-3-1-2-4-11(9)16-12/h5-8,13H,1-4,14H2. The number of thiophene rings is 1. The van der Waals surface area contributed by atoms with Gasteiger partial charge in [0.15, 0.2) is 0 Å². The van der Waals surface area contributed by atoms with E-state index < -0.39 is 0 Å². The van der Waals surface area contributed by atoms with Gasteiger partial charge in [0.1, 0.15) is 0 Å². The van der Waals surface area contributed by atoms with Gasteiger partial charge in [0.2, 0.25) is 0 Å². The van der Waals surface area contributed by atoms with Gasteiger partial charge in [-0.05, 0) is 43.4 Å². The largest absolute Gasteiger partial charge is 0.472 e. The summed E-state index contributed by atoms with van der Waals surface area (Å²) in [4.78, 5) is 2.81. The van der Waals surface area contributed by atoms with Gasteiger partial charge in [-0.1, -0.05) is 0 Å². The summed E-state index contributed by atoms with van der Waals surface area (Å²) in [6.07, 6.45) is 8.53. The van der Waals surface area contributed by atoms with Gasteiger partial charge in [-0.3, -0.25) is 0 Å². The van der Waals surface area contributed by atoms with Crippen LogP contribution in [0.15, 0.2) is 29.1 Å². The van der Waals surface area contributed by atoms with Gasteiger partial charge in [0, 0.05) is 15.3 Å². The van der Waals surface area contributed by atoms with Crippen molar-refractivity contribution >= 4 is 11.3 Å². The van der Waals surface area contributed by atoms with E-state index in [2.05, 4.69) is 6.07 Å². The van der Waals surface area contributed by atoms with E-state index in [9.17, 15) is 0 Å². The minimum atomic E-state index is -0.0191. The van der Waals surface area contributed by atoms with E-state index in [-0.39, 0.29) is 6.04 Å². The van der Waals surface area contributed by atoms with Crippen molar-refractivity contribution in [2.75, 3.05) is 0 Å². The second-order valence-electron chi connectivity index (χ2n) is 4.34. The number of furan rings is 1. The lowest BCUT2D eigenvalue weighted by atomic mass is 9.98. The molecule has 0 aromatic carbocycles. The van der Waals surface area contributed by atoms with Crippen LogP contribution < -0.4 is 5.73 Å². The highest BCUT2D eigenvalue weighted by Gasteiger charge is 2.18. The van der Waals surface area contributed by atoms with Gasteiger partial charge in [0.25, 0.3) is 0 Å². The third-order valence-corrected chi connectivity index (χ3v) is 4.54. The van der Waals surface area contributed by atoms with E-state index >= 15 is 0 Å². The molecule has 84 valence electrons. The highest BCUT2D eigenvalue weighted by Crippen LogP contribution is 2.34. The molecule has 1 aliphatic carbocycles. The third-order valence-electron chi connectivity index (χ3n) is 3.22. The lowest BCUT2D eigenvalue weighted by Crippen LogP contribution is -2.08. The fourth-order valence-electron chi connectivity index (χ4n) is 2.28. The Morgan fingerprint density at radius 3 is 2.94 bits per heavy atom. The Morgan fingerprint density at radius 1 is 1.31 bits per heavy atom. The molecule has 0 fully saturated rings. The lowest BCUT2D eigenvalue weighted by molar-refractivity contribution is 0.562. The molecule has 0 saturated carbocycles. The first-order valence-electron chi connectivity index (χ1n) is 5.74. The van der Waals surface area contributed by atoms with Crippen LogP contribution in [0.4, 0.5) is 0 Å². The molecule has 0 amide bonds. The smallest absolute Gasteiger partial charge is 0.0954 e. The number of fused-ring (bicyclic) bond motifs is 1. The average molecular weight is 233 g/mol. The molecule has 3 heteroatoms. The second-order valence-corrected chi connectivity index (χ2v) is 5.51. The second kappa shape index (κ2) is 4.07. The molecule has 0 spiro atoms. The minimum absolute atomic E-state index is 0.0191. The summed E-state index contributed by atoms with van der Waals surface area (Å²) in [5, 5.41) is 0. The monoisotopic (exact) mass is 233 g/mol. The van der Waals surface area contributed by atoms with Gasteiger partial charge in [-0.25, -0.2) is 0 Å². The van der Waals surface area contributed by atoms with Gasteiger partial charge in [0.05, 0.1) is 18.6 Å². The molecule has 0 aliphatic heterocycles. The summed E-state index contributed by atoms with van der Waals surface area (Å²) < 4.78 is 5.08. The van der Waals surface area contributed by atoms with Crippen molar-refractivity contribution < 1.29 is 4.42 Å². The minimum Gasteiger partial charge on any atom is -0.472 e. The van der Waals surface area contributed by atoms with E-state index in [0.29, 0.717) is 0 Å². The average Bonchev–Trinajstić information content (AvgIpc) is 2.97. The quantitative estimate of drug-likeness (QED) is 0.864. The third kappa shape index (κ3) is 1.70. The van der Waals surface area contributed by atoms with Gasteiger partial charge < -0.3 is 10.2 Å². The van der Waals surface area contributed by atoms with Crippen LogP contribution in [0.25, 0.3) is 0 Å². The molecule has 1 aliphatic rings. The molecule has 16 heavy (non-hydrogen) atoms. The number of hydrogen-bond acceptors (Lipinski definition) is 3. The topological polar surface area (TPSA) is 39.2 Å². The van der Waals surface area contributed by atoms with E-state index in [4.69, 9.17) is 10.2 Å². The zero-order chi connectivity index (χ0) is 11.0. The summed E-state index contributed by atoms with van der Waals surface area (Å²) >= 11 is 1.87. The molecule has 1 unspecified atom stereocenters. The zero-order valence-corrected chi connectivity index (χ0v) is 9.93. The number of aryl methyl sites for hydroxylation is 2. The number of nitrogens with two attached hydrogens (primary N) is 1. The van der Waals surface area contributed by atoms with E-state index in [0.717, 1.165) is 5.56 Å². The first kappa shape index (κ1) is 10.1. The Morgan fingerprint density at radius 2 is 2.19 bits per heavy atom. The molecule has 2 N–H and O–H groups in total. The molecule has 0 saturated heterocycles. The molecule has 2 aromatic heterocycles. The van der Waals surface area contributed by atoms with Crippen molar-refractivity contribution in [1.82, 2.24) is 0 Å². The highest BCUT2D eigenvalue weighted by molar-refractivity contribution is 7.12. The van der Waals surface area contributed by atoms with E-state index in [1.54, 1.807) is 17.4 Å². The molecule has 1 atom stereocenters. The lowest BCUT2D eigenvalue weighted by Gasteiger charge is -2.08. The molecular formula is C13H15NOS. The summed E-state index contributed by atoms with van der Waals surface area (Å²) in [7, 11) is 0. The highest BCUT2D eigenvalue weighted by atomic mass is 32.1. The Kier molecular flexibility index (Phi) is 2.58. The summed E-state index contributed by atoms with van der Waals surface area (Å²) in [5.74, 6) is 0. The maximum atomic E-state index is 6.22. The summed E-state index contributed by atoms with van der Waals surface area (Å²) in [6.45, 7) is 0. The van der Waals surface area contributed by atoms with Crippen LogP contribution in [0.1, 0.15) is 39.8 Å². The van der Waals surface area contributed by atoms with Crippen LogP contribution in [0.2, 0.25) is 0 Å². The first-order chi connectivity index (χ1) is 7.84. The van der Waals surface area contributed by atoms with Crippen molar-refractivity contribution in [1.29, 1.82) is 0 Å². The fraction of sp³-hybridized carbons (Fsp3) is 0.385. The Balaban J connectivity index is 1.92. The summed E-state index contributed by atoms with van der Waals surface area (Å²) in [6, 6.07) is 4.22. The van der Waals surface area contributed by atoms with Gasteiger partial charge in [-0.2, -0.15) is 0 Å². The Hall–Kier alpha value is -1.06. The number of hydrogen-bond donors (Lipinski definition) is 1. The van der Waals surface area contributed by atoms with Crippen molar-refractivity contribution in [3.8, 4) is 0 Å². The molecule has 2 heterocycles. The van der Waals surface area contributed by atoms with Gasteiger partial charge in [-0.15, -0.1) is 11.3 Å². The molecule has 2 aromatic rings. The summed E-state index contributed by atoms with van der Waals surface area (Å²) in [5.41, 5.74) is 8.81. The van der Waals surface area contributed by atoms with E-state index in [1.807, 2.05) is 17.4 Å². The van der Waals surface area contributed by atoms with Crippen LogP contribution in [0.5, 0.6) is 0 Å². The van der Waals surface area contributed by atoms with Gasteiger partial charge >= 0.3 is 0 Å². The van der Waals surface area contributed by atoms with Crippen molar-refractivity contribution in [3.63, 3.8) is 0 Å². The van der Waals surface area contributed by atoms with Crippen molar-refractivity contribution in [2.24, 2.45) is 5.73 Å². The predicted molar refractivity (Wildman–Crippen MR) is 65.7 cm³/mol. The predicted octanol–water partition coefficient (Wildman–Crippen LogP) is 3.27. The molecule has 2 nitrogen and oxygen atoms in total. The molecule has 3 rings (SSSR count). The number of rotatable bonds is 2. The van der Waals surface area contributed by atoms with Crippen molar-refractivity contribution in [2.45, 2.75) is 31.7 Å². The van der Waals surface area contributed by atoms with Crippen LogP contribution in [0.3, 0.4) is 0 Å². The van der Waals surface area contributed by atoms with E-state index in [1.165, 1.54) is 36.1 Å². The zero-order valence-electron chi connectivity index (χ0n) is 9.11. The Bertz CT molecular complexity index is 449. The fourth-order valence-corrected chi connectivity index (χ4v) is 3.57. The molecule has 0 radical (unpaired) electrons. The van der Waals surface area contributed by atoms with Crippen LogP contribution in [-0.2, 0) is 12.8 Å². The molecular weight excluding hydrogens is 218 g/mol. The van der Waals surface area contributed by atoms with Crippen LogP contribution >= 0.6 is 11.3 Å². The van der Waals surface area contributed by atoms with Crippen LogP contribution in [0, 0.1) is 0 Å². The SMILES string of the molecule is NC(c1ccoc1)c1cc2c(s1)CCCC2. The molecule has 0 bridgehead atoms. The van der Waals surface area contributed by atoms with Crippen LogP contribution in [-0.4, -0.2) is 0 Å². The Labute approximate surface area is 99.1 Å².